The van der Waals surface area contributed by atoms with E-state index in [0.717, 1.165) is 5.03 Å². The molecule has 0 N–H and O–H groups in total. The summed E-state index contributed by atoms with van der Waals surface area (Å²) in [6.45, 7) is 2.02. The molecule has 0 aliphatic rings. The van der Waals surface area contributed by atoms with Crippen molar-refractivity contribution in [1.82, 2.24) is 4.98 Å². The second-order valence-corrected chi connectivity index (χ2v) is 3.14. The molecule has 0 radical (unpaired) electrons. The van der Waals surface area contributed by atoms with E-state index in [1.54, 1.807) is 17.8 Å². The Morgan fingerprint density at radius 3 is 2.70 bits per heavy atom. The van der Waals surface area contributed by atoms with E-state index >= 15 is 0 Å². The van der Waals surface area contributed by atoms with Crippen molar-refractivity contribution in [2.75, 3.05) is 6.26 Å². The van der Waals surface area contributed by atoms with E-state index in [0.29, 0.717) is 5.15 Å². The molecule has 10 heavy (non-hydrogen) atoms. The second-order valence-electron chi connectivity index (χ2n) is 1.96. The molecule has 0 aliphatic carbocycles. The largest absolute Gasteiger partial charge is 0.230 e. The molecule has 0 saturated heterocycles. The fourth-order valence-electron chi connectivity index (χ4n) is 0.694. The second kappa shape index (κ2) is 3.26. The lowest BCUT2D eigenvalue weighted by atomic mass is 10.3. The first-order valence-electron chi connectivity index (χ1n) is 2.91. The van der Waals surface area contributed by atoms with Crippen molar-refractivity contribution < 1.29 is 0 Å². The molecule has 0 amide bonds. The highest BCUT2D eigenvalue weighted by atomic mass is 35.5. The number of aromatic nitrogens is 1. The van der Waals surface area contributed by atoms with Gasteiger partial charge in [0.1, 0.15) is 10.2 Å². The van der Waals surface area contributed by atoms with E-state index in [-0.39, 0.29) is 0 Å². The van der Waals surface area contributed by atoms with E-state index in [1.165, 1.54) is 5.56 Å². The number of aryl methyl sites for hydroxylation is 1. The average Bonchev–Trinajstić information content (AvgIpc) is 1.94. The van der Waals surface area contributed by atoms with Crippen molar-refractivity contribution in [2.24, 2.45) is 0 Å². The first-order chi connectivity index (χ1) is 4.74. The standard InChI is InChI=1S/C7H8ClNS/c1-5-3-4-6(8)9-7(5)10-2/h3-4H,1-2H3. The average molecular weight is 174 g/mol. The van der Waals surface area contributed by atoms with Crippen molar-refractivity contribution in [2.45, 2.75) is 11.9 Å². The van der Waals surface area contributed by atoms with Gasteiger partial charge in [0.2, 0.25) is 0 Å². The lowest BCUT2D eigenvalue weighted by Crippen LogP contribution is -1.83. The SMILES string of the molecule is CSc1nc(Cl)ccc1C. The molecule has 1 rings (SSSR count). The fraction of sp³-hybridized carbons (Fsp3) is 0.286. The van der Waals surface area contributed by atoms with Crippen LogP contribution in [0.2, 0.25) is 5.15 Å². The van der Waals surface area contributed by atoms with E-state index in [4.69, 9.17) is 11.6 Å². The summed E-state index contributed by atoms with van der Waals surface area (Å²) in [5, 5.41) is 1.57. The van der Waals surface area contributed by atoms with Crippen LogP contribution in [0.3, 0.4) is 0 Å². The normalized spacial score (nSPS) is 9.90. The number of halogens is 1. The van der Waals surface area contributed by atoms with Gasteiger partial charge in [-0.2, -0.15) is 0 Å². The van der Waals surface area contributed by atoms with Crippen LogP contribution in [0.4, 0.5) is 0 Å². The van der Waals surface area contributed by atoms with E-state index in [1.807, 2.05) is 19.2 Å². The van der Waals surface area contributed by atoms with E-state index in [9.17, 15) is 0 Å². The Balaban J connectivity index is 3.09. The molecule has 1 nitrogen and oxygen atoms in total. The van der Waals surface area contributed by atoms with Gasteiger partial charge in [0.25, 0.3) is 0 Å². The molecular formula is C7H8ClNS. The van der Waals surface area contributed by atoms with Crippen LogP contribution in [-0.2, 0) is 0 Å². The lowest BCUT2D eigenvalue weighted by molar-refractivity contribution is 1.08. The predicted octanol–water partition coefficient (Wildman–Crippen LogP) is 2.77. The van der Waals surface area contributed by atoms with Crippen molar-refractivity contribution in [3.8, 4) is 0 Å². The van der Waals surface area contributed by atoms with E-state index in [2.05, 4.69) is 4.98 Å². The summed E-state index contributed by atoms with van der Waals surface area (Å²) >= 11 is 7.29. The van der Waals surface area contributed by atoms with Crippen LogP contribution in [-0.4, -0.2) is 11.2 Å². The number of pyridine rings is 1. The molecule has 1 aromatic heterocycles. The maximum Gasteiger partial charge on any atom is 0.130 e. The van der Waals surface area contributed by atoms with Gasteiger partial charge < -0.3 is 0 Å². The van der Waals surface area contributed by atoms with Crippen molar-refractivity contribution in [1.29, 1.82) is 0 Å². The Morgan fingerprint density at radius 2 is 2.20 bits per heavy atom. The first-order valence-corrected chi connectivity index (χ1v) is 4.51. The Hall–Kier alpha value is -0.210. The molecule has 0 aromatic carbocycles. The zero-order valence-electron chi connectivity index (χ0n) is 5.89. The summed E-state index contributed by atoms with van der Waals surface area (Å²) in [5.74, 6) is 0. The Bertz CT molecular complexity index is 237. The molecule has 54 valence electrons. The molecule has 0 bridgehead atoms. The molecule has 0 unspecified atom stereocenters. The fourth-order valence-corrected chi connectivity index (χ4v) is 1.47. The maximum atomic E-state index is 5.67. The van der Waals surface area contributed by atoms with Crippen LogP contribution in [0, 0.1) is 6.92 Å². The number of nitrogens with zero attached hydrogens (tertiary/aromatic N) is 1. The molecule has 0 spiro atoms. The first kappa shape index (κ1) is 7.89. The summed E-state index contributed by atoms with van der Waals surface area (Å²) in [5.41, 5.74) is 1.18. The van der Waals surface area contributed by atoms with Crippen LogP contribution in [0.15, 0.2) is 17.2 Å². The van der Waals surface area contributed by atoms with Gasteiger partial charge in [-0.05, 0) is 24.8 Å². The number of hydrogen-bond donors (Lipinski definition) is 0. The van der Waals surface area contributed by atoms with Gasteiger partial charge in [0.05, 0.1) is 0 Å². The quantitative estimate of drug-likeness (QED) is 0.479. The topological polar surface area (TPSA) is 12.9 Å². The minimum atomic E-state index is 0.565. The van der Waals surface area contributed by atoms with Crippen molar-refractivity contribution in [3.05, 3.63) is 22.8 Å². The summed E-state index contributed by atoms with van der Waals surface area (Å²) in [6, 6.07) is 3.78. The third kappa shape index (κ3) is 1.64. The summed E-state index contributed by atoms with van der Waals surface area (Å²) in [6.07, 6.45) is 1.99. The summed E-state index contributed by atoms with van der Waals surface area (Å²) in [4.78, 5) is 4.12. The Kier molecular flexibility index (Phi) is 2.57. The van der Waals surface area contributed by atoms with Crippen molar-refractivity contribution >= 4 is 23.4 Å². The molecule has 0 saturated carbocycles. The van der Waals surface area contributed by atoms with Crippen LogP contribution in [0.25, 0.3) is 0 Å². The zero-order chi connectivity index (χ0) is 7.56. The summed E-state index contributed by atoms with van der Waals surface area (Å²) in [7, 11) is 0. The van der Waals surface area contributed by atoms with E-state index < -0.39 is 0 Å². The highest BCUT2D eigenvalue weighted by Gasteiger charge is 1.97. The van der Waals surface area contributed by atoms with Gasteiger partial charge in [0.15, 0.2) is 0 Å². The highest BCUT2D eigenvalue weighted by Crippen LogP contribution is 2.18. The van der Waals surface area contributed by atoms with Gasteiger partial charge in [0, 0.05) is 0 Å². The Labute approximate surface area is 69.8 Å². The van der Waals surface area contributed by atoms with Crippen LogP contribution < -0.4 is 0 Å². The lowest BCUT2D eigenvalue weighted by Gasteiger charge is -1.99. The summed E-state index contributed by atoms with van der Waals surface area (Å²) < 4.78 is 0. The van der Waals surface area contributed by atoms with Gasteiger partial charge >= 0.3 is 0 Å². The third-order valence-electron chi connectivity index (χ3n) is 1.21. The number of hydrogen-bond acceptors (Lipinski definition) is 2. The van der Waals surface area contributed by atoms with Crippen molar-refractivity contribution in [3.63, 3.8) is 0 Å². The number of rotatable bonds is 1. The molecule has 1 aromatic rings. The van der Waals surface area contributed by atoms with Gasteiger partial charge in [-0.1, -0.05) is 17.7 Å². The van der Waals surface area contributed by atoms with Gasteiger partial charge in [-0.25, -0.2) is 4.98 Å². The minimum absolute atomic E-state index is 0.565. The molecule has 0 fully saturated rings. The predicted molar refractivity (Wildman–Crippen MR) is 45.8 cm³/mol. The highest BCUT2D eigenvalue weighted by molar-refractivity contribution is 7.98. The molecule has 3 heteroatoms. The van der Waals surface area contributed by atoms with Crippen LogP contribution >= 0.6 is 23.4 Å². The Morgan fingerprint density at radius 1 is 1.50 bits per heavy atom. The zero-order valence-corrected chi connectivity index (χ0v) is 7.46. The molecular weight excluding hydrogens is 166 g/mol. The smallest absolute Gasteiger partial charge is 0.130 e. The third-order valence-corrected chi connectivity index (χ3v) is 2.22. The monoisotopic (exact) mass is 173 g/mol. The molecule has 1 heterocycles. The van der Waals surface area contributed by atoms with Gasteiger partial charge in [-0.3, -0.25) is 0 Å². The number of thioether (sulfide) groups is 1. The minimum Gasteiger partial charge on any atom is -0.230 e. The van der Waals surface area contributed by atoms with Crippen LogP contribution in [0.1, 0.15) is 5.56 Å². The molecule has 0 aliphatic heterocycles. The maximum absolute atomic E-state index is 5.67. The van der Waals surface area contributed by atoms with Crippen LogP contribution in [0.5, 0.6) is 0 Å². The molecule has 0 atom stereocenters. The van der Waals surface area contributed by atoms with Gasteiger partial charge in [-0.15, -0.1) is 11.8 Å².